The molecule has 5 nitrogen and oxygen atoms in total. The number of halogens is 1. The number of nitrogens with one attached hydrogen (secondary N) is 1. The molecule has 26 heavy (non-hydrogen) atoms. The number of hydrogen-bond acceptors (Lipinski definition) is 4. The third-order valence-corrected chi connectivity index (χ3v) is 4.11. The number of rotatable bonds is 6. The number of hydrogen-bond donors (Lipinski definition) is 1. The Morgan fingerprint density at radius 1 is 1.12 bits per heavy atom. The van der Waals surface area contributed by atoms with Gasteiger partial charge in [-0.05, 0) is 61.7 Å². The summed E-state index contributed by atoms with van der Waals surface area (Å²) in [6, 6.07) is 10.5. The minimum absolute atomic E-state index is 0.190. The van der Waals surface area contributed by atoms with Crippen LogP contribution in [0, 0.1) is 13.8 Å². The number of anilines is 1. The van der Waals surface area contributed by atoms with Gasteiger partial charge in [-0.25, -0.2) is 4.79 Å². The van der Waals surface area contributed by atoms with Gasteiger partial charge in [-0.2, -0.15) is 0 Å². The van der Waals surface area contributed by atoms with E-state index in [-0.39, 0.29) is 16.5 Å². The van der Waals surface area contributed by atoms with Crippen molar-refractivity contribution in [1.29, 1.82) is 0 Å². The molecule has 6 heteroatoms. The third kappa shape index (κ3) is 4.99. The summed E-state index contributed by atoms with van der Waals surface area (Å²) >= 11 is 5.99. The Morgan fingerprint density at radius 2 is 1.77 bits per heavy atom. The lowest BCUT2D eigenvalue weighted by Gasteiger charge is -2.18. The first-order valence-corrected chi connectivity index (χ1v) is 8.65. The van der Waals surface area contributed by atoms with Crippen LogP contribution in [0.2, 0.25) is 5.02 Å². The molecule has 0 aliphatic heterocycles. The number of ether oxygens (including phenoxy) is 2. The van der Waals surface area contributed by atoms with Crippen LogP contribution in [0.3, 0.4) is 0 Å². The fourth-order valence-corrected chi connectivity index (χ4v) is 2.77. The van der Waals surface area contributed by atoms with Gasteiger partial charge < -0.3 is 14.8 Å². The van der Waals surface area contributed by atoms with E-state index in [1.807, 2.05) is 39.0 Å². The molecule has 2 aromatic rings. The maximum atomic E-state index is 12.6. The molecule has 0 fully saturated rings. The van der Waals surface area contributed by atoms with E-state index in [0.29, 0.717) is 17.9 Å². The summed E-state index contributed by atoms with van der Waals surface area (Å²) in [6.45, 7) is 5.82. The van der Waals surface area contributed by atoms with Crippen molar-refractivity contribution >= 4 is 29.2 Å². The summed E-state index contributed by atoms with van der Waals surface area (Å²) in [6.07, 6.45) is -0.163. The average Bonchev–Trinajstić information content (AvgIpc) is 2.59. The summed E-state index contributed by atoms with van der Waals surface area (Å²) in [5.41, 5.74) is 2.77. The highest BCUT2D eigenvalue weighted by Gasteiger charge is 2.20. The van der Waals surface area contributed by atoms with Crippen LogP contribution < -0.4 is 10.1 Å². The predicted octanol–water partition coefficient (Wildman–Crippen LogP) is 4.54. The SMILES string of the molecule is CC[C@H](Oc1cc(C)cc(C)c1)C(=O)Nc1ccc(Cl)c(C(=O)OC)c1. The molecule has 138 valence electrons. The van der Waals surface area contributed by atoms with E-state index in [0.717, 1.165) is 11.1 Å². The van der Waals surface area contributed by atoms with Crippen molar-refractivity contribution in [3.05, 3.63) is 58.1 Å². The second kappa shape index (κ2) is 8.72. The number of esters is 1. The van der Waals surface area contributed by atoms with Gasteiger partial charge in [0.15, 0.2) is 6.10 Å². The molecule has 2 rings (SSSR count). The van der Waals surface area contributed by atoms with E-state index in [1.54, 1.807) is 6.07 Å². The van der Waals surface area contributed by atoms with Crippen LogP contribution >= 0.6 is 11.6 Å². The monoisotopic (exact) mass is 375 g/mol. The van der Waals surface area contributed by atoms with Crippen molar-refractivity contribution in [2.45, 2.75) is 33.3 Å². The molecular formula is C20H22ClNO4. The topological polar surface area (TPSA) is 64.6 Å². The van der Waals surface area contributed by atoms with Crippen LogP contribution in [0.5, 0.6) is 5.75 Å². The largest absolute Gasteiger partial charge is 0.481 e. The van der Waals surface area contributed by atoms with E-state index >= 15 is 0 Å². The Labute approximate surface area is 158 Å². The first-order chi connectivity index (χ1) is 12.3. The van der Waals surface area contributed by atoms with E-state index in [9.17, 15) is 9.59 Å². The standard InChI is InChI=1S/C20H22ClNO4/c1-5-18(26-15-9-12(2)8-13(3)10-15)19(23)22-14-6-7-17(21)16(11-14)20(24)25-4/h6-11,18H,5H2,1-4H3,(H,22,23)/t18-/m0/s1. The minimum Gasteiger partial charge on any atom is -0.481 e. The zero-order valence-corrected chi connectivity index (χ0v) is 16.0. The third-order valence-electron chi connectivity index (χ3n) is 3.78. The van der Waals surface area contributed by atoms with Crippen molar-refractivity contribution in [2.75, 3.05) is 12.4 Å². The van der Waals surface area contributed by atoms with Crippen LogP contribution in [-0.4, -0.2) is 25.1 Å². The highest BCUT2D eigenvalue weighted by atomic mass is 35.5. The summed E-state index contributed by atoms with van der Waals surface area (Å²) in [5.74, 6) is -0.217. The van der Waals surface area contributed by atoms with Gasteiger partial charge in [0.05, 0.1) is 17.7 Å². The van der Waals surface area contributed by atoms with Gasteiger partial charge in [-0.1, -0.05) is 24.6 Å². The molecule has 0 spiro atoms. The van der Waals surface area contributed by atoms with Crippen molar-refractivity contribution < 1.29 is 19.1 Å². The Morgan fingerprint density at radius 3 is 2.35 bits per heavy atom. The first kappa shape index (κ1) is 19.8. The van der Waals surface area contributed by atoms with Crippen LogP contribution in [0.25, 0.3) is 0 Å². The fraction of sp³-hybridized carbons (Fsp3) is 0.300. The zero-order valence-electron chi connectivity index (χ0n) is 15.3. The van der Waals surface area contributed by atoms with E-state index < -0.39 is 12.1 Å². The van der Waals surface area contributed by atoms with Crippen LogP contribution in [0.15, 0.2) is 36.4 Å². The van der Waals surface area contributed by atoms with Crippen molar-refractivity contribution in [3.63, 3.8) is 0 Å². The molecule has 2 aromatic carbocycles. The van der Waals surface area contributed by atoms with Crippen molar-refractivity contribution in [2.24, 2.45) is 0 Å². The Kier molecular flexibility index (Phi) is 6.64. The molecule has 0 aromatic heterocycles. The van der Waals surface area contributed by atoms with Gasteiger partial charge in [0.1, 0.15) is 5.75 Å². The Bertz CT molecular complexity index is 799. The maximum Gasteiger partial charge on any atom is 0.339 e. The highest BCUT2D eigenvalue weighted by molar-refractivity contribution is 6.33. The van der Waals surface area contributed by atoms with Crippen molar-refractivity contribution in [3.8, 4) is 5.75 Å². The highest BCUT2D eigenvalue weighted by Crippen LogP contribution is 2.23. The van der Waals surface area contributed by atoms with Gasteiger partial charge in [0, 0.05) is 5.69 Å². The van der Waals surface area contributed by atoms with E-state index in [1.165, 1.54) is 19.2 Å². The van der Waals surface area contributed by atoms with E-state index in [4.69, 9.17) is 16.3 Å². The van der Waals surface area contributed by atoms with Gasteiger partial charge in [-0.3, -0.25) is 4.79 Å². The molecule has 0 radical (unpaired) electrons. The van der Waals surface area contributed by atoms with Crippen LogP contribution in [-0.2, 0) is 9.53 Å². The first-order valence-electron chi connectivity index (χ1n) is 8.27. The number of aryl methyl sites for hydroxylation is 2. The second-order valence-electron chi connectivity index (χ2n) is 6.01. The summed E-state index contributed by atoms with van der Waals surface area (Å²) in [4.78, 5) is 24.3. The lowest BCUT2D eigenvalue weighted by molar-refractivity contribution is -0.122. The van der Waals surface area contributed by atoms with E-state index in [2.05, 4.69) is 10.1 Å². The predicted molar refractivity (Wildman–Crippen MR) is 102 cm³/mol. The average molecular weight is 376 g/mol. The molecule has 0 aliphatic carbocycles. The molecule has 0 bridgehead atoms. The number of benzene rings is 2. The minimum atomic E-state index is -0.659. The molecule has 1 atom stereocenters. The summed E-state index contributed by atoms with van der Waals surface area (Å²) in [7, 11) is 1.27. The molecular weight excluding hydrogens is 354 g/mol. The number of amides is 1. The number of methoxy groups -OCH3 is 1. The molecule has 1 amide bonds. The molecule has 0 aliphatic rings. The molecule has 0 saturated carbocycles. The summed E-state index contributed by atoms with van der Waals surface area (Å²) < 4.78 is 10.5. The lowest BCUT2D eigenvalue weighted by Crippen LogP contribution is -2.32. The quantitative estimate of drug-likeness (QED) is 0.753. The smallest absolute Gasteiger partial charge is 0.339 e. The Hall–Kier alpha value is -2.53. The van der Waals surface area contributed by atoms with Gasteiger partial charge in [-0.15, -0.1) is 0 Å². The van der Waals surface area contributed by atoms with Crippen LogP contribution in [0.4, 0.5) is 5.69 Å². The Balaban J connectivity index is 2.15. The zero-order chi connectivity index (χ0) is 19.3. The fourth-order valence-electron chi connectivity index (χ4n) is 2.58. The molecule has 0 saturated heterocycles. The molecule has 0 unspecified atom stereocenters. The normalized spacial score (nSPS) is 11.6. The number of carbonyl (C=O) groups excluding carboxylic acids is 2. The number of carbonyl (C=O) groups is 2. The van der Waals surface area contributed by atoms with Gasteiger partial charge in [0.2, 0.25) is 0 Å². The second-order valence-corrected chi connectivity index (χ2v) is 6.42. The molecule has 0 heterocycles. The molecule has 1 N–H and O–H groups in total. The summed E-state index contributed by atoms with van der Waals surface area (Å²) in [5, 5.41) is 3.02. The van der Waals surface area contributed by atoms with Gasteiger partial charge >= 0.3 is 5.97 Å². The van der Waals surface area contributed by atoms with Gasteiger partial charge in [0.25, 0.3) is 5.91 Å². The van der Waals surface area contributed by atoms with Crippen molar-refractivity contribution in [1.82, 2.24) is 0 Å². The van der Waals surface area contributed by atoms with Crippen LogP contribution in [0.1, 0.15) is 34.8 Å². The maximum absolute atomic E-state index is 12.6. The lowest BCUT2D eigenvalue weighted by atomic mass is 10.1.